The summed E-state index contributed by atoms with van der Waals surface area (Å²) in [7, 11) is 0. The zero-order valence-corrected chi connectivity index (χ0v) is 24.0. The van der Waals surface area contributed by atoms with Crippen LogP contribution in [0.15, 0.2) is 72.8 Å². The smallest absolute Gasteiger partial charge is 0.325 e. The molecule has 0 unspecified atom stereocenters. The van der Waals surface area contributed by atoms with Gasteiger partial charge in [-0.1, -0.05) is 49.4 Å². The van der Waals surface area contributed by atoms with E-state index >= 15 is 4.39 Å². The molecule has 2 amide bonds. The van der Waals surface area contributed by atoms with Gasteiger partial charge in [0, 0.05) is 23.6 Å². The van der Waals surface area contributed by atoms with Crippen molar-refractivity contribution in [2.45, 2.75) is 19.3 Å². The van der Waals surface area contributed by atoms with Crippen molar-refractivity contribution >= 4 is 71.3 Å². The number of rotatable bonds is 4. The van der Waals surface area contributed by atoms with E-state index in [9.17, 15) is 14.3 Å². The molecule has 210 valence electrons. The number of halogens is 2. The number of carbonyl (C=O) groups excluding carboxylic acids is 1. The average Bonchev–Trinajstić information content (AvgIpc) is 3.62. The molecule has 7 rings (SSSR count). The highest BCUT2D eigenvalue weighted by Crippen LogP contribution is 2.55. The van der Waals surface area contributed by atoms with E-state index < -0.39 is 17.3 Å². The van der Waals surface area contributed by atoms with Crippen LogP contribution >= 0.6 is 22.7 Å². The fourth-order valence-corrected chi connectivity index (χ4v) is 7.43. The molecule has 0 fully saturated rings. The van der Waals surface area contributed by atoms with Gasteiger partial charge >= 0.3 is 6.03 Å². The molecule has 0 aliphatic carbocycles. The normalized spacial score (nSPS) is 14.0. The molecule has 3 heterocycles. The van der Waals surface area contributed by atoms with Crippen LogP contribution in [0.1, 0.15) is 19.4 Å². The summed E-state index contributed by atoms with van der Waals surface area (Å²) >= 11 is 2.57. The molecule has 1 aliphatic rings. The van der Waals surface area contributed by atoms with Gasteiger partial charge in [-0.15, -0.1) is 11.3 Å². The van der Waals surface area contributed by atoms with E-state index in [-0.39, 0.29) is 11.6 Å². The predicted molar refractivity (Wildman–Crippen MR) is 165 cm³/mol. The maximum absolute atomic E-state index is 15.6. The van der Waals surface area contributed by atoms with Crippen LogP contribution in [0.25, 0.3) is 31.0 Å². The second kappa shape index (κ2) is 9.74. The molecular formula is C31H23F2N5O2S2. The fraction of sp³-hybridized carbons (Fsp3) is 0.129. The highest BCUT2D eigenvalue weighted by atomic mass is 32.1. The standard InChI is InChI=1S/C31H23F2N5O2S2/c1-31(2)15-38(27-22(39)14-17(33)25(26(27)31)28-34-19-8-4-6-10-23(19)41-28)21-9-5-3-7-18(21)35-29(40)37-30-36-20-12-11-16(32)13-24(20)42-30/h3-14,39H,15H2,1-2H3,(H2,35,36,37,40). The summed E-state index contributed by atoms with van der Waals surface area (Å²) in [5.41, 5.74) is 3.39. The lowest BCUT2D eigenvalue weighted by molar-refractivity contribution is 0.262. The first-order valence-electron chi connectivity index (χ1n) is 13.1. The summed E-state index contributed by atoms with van der Waals surface area (Å²) in [6, 6.07) is 19.7. The van der Waals surface area contributed by atoms with Crippen molar-refractivity contribution in [3.05, 3.63) is 90.0 Å². The second-order valence-corrected chi connectivity index (χ2v) is 12.7. The van der Waals surface area contributed by atoms with Gasteiger partial charge in [-0.05, 0) is 42.5 Å². The molecule has 2 aromatic heterocycles. The van der Waals surface area contributed by atoms with E-state index in [2.05, 4.69) is 15.6 Å². The number of phenolic OH excluding ortho intramolecular Hbond substituents is 1. The number of nitrogens with one attached hydrogen (secondary N) is 2. The minimum absolute atomic E-state index is 0.195. The summed E-state index contributed by atoms with van der Waals surface area (Å²) in [5.74, 6) is -1.11. The molecule has 0 radical (unpaired) electrons. The van der Waals surface area contributed by atoms with Gasteiger partial charge in [-0.2, -0.15) is 0 Å². The van der Waals surface area contributed by atoms with Crippen molar-refractivity contribution < 1.29 is 18.7 Å². The third kappa shape index (κ3) is 4.41. The Kier molecular flexibility index (Phi) is 6.10. The number of fused-ring (bicyclic) bond motifs is 3. The number of thiazole rings is 2. The SMILES string of the molecule is CC1(C)CN(c2ccccc2NC(=O)Nc2nc3ccc(F)cc3s2)c2c(O)cc(F)c(-c3nc4ccccc4s3)c21. The summed E-state index contributed by atoms with van der Waals surface area (Å²) in [6.07, 6.45) is 0. The third-order valence-corrected chi connectivity index (χ3v) is 9.24. The lowest BCUT2D eigenvalue weighted by atomic mass is 9.83. The molecule has 0 saturated heterocycles. The number of aromatic nitrogens is 2. The van der Waals surface area contributed by atoms with E-state index in [1.54, 1.807) is 18.2 Å². The highest BCUT2D eigenvalue weighted by molar-refractivity contribution is 7.22. The lowest BCUT2D eigenvalue weighted by Gasteiger charge is -2.25. The molecule has 0 spiro atoms. The summed E-state index contributed by atoms with van der Waals surface area (Å²) in [4.78, 5) is 24.0. The van der Waals surface area contributed by atoms with Gasteiger partial charge in [0.25, 0.3) is 0 Å². The van der Waals surface area contributed by atoms with Crippen LogP contribution in [0.3, 0.4) is 0 Å². The molecule has 6 aromatic rings. The van der Waals surface area contributed by atoms with Crippen LogP contribution in [-0.4, -0.2) is 27.7 Å². The van der Waals surface area contributed by atoms with Crippen LogP contribution in [0, 0.1) is 11.6 Å². The molecule has 3 N–H and O–H groups in total. The van der Waals surface area contributed by atoms with Crippen LogP contribution in [0.5, 0.6) is 5.75 Å². The van der Waals surface area contributed by atoms with E-state index in [1.165, 1.54) is 34.8 Å². The first-order chi connectivity index (χ1) is 20.2. The molecular weight excluding hydrogens is 577 g/mol. The number of para-hydroxylation sites is 3. The van der Waals surface area contributed by atoms with Gasteiger partial charge < -0.3 is 15.3 Å². The van der Waals surface area contributed by atoms with E-state index in [4.69, 9.17) is 4.98 Å². The Morgan fingerprint density at radius 1 is 0.929 bits per heavy atom. The zero-order valence-electron chi connectivity index (χ0n) is 22.4. The van der Waals surface area contributed by atoms with Crippen LogP contribution in [-0.2, 0) is 5.41 Å². The third-order valence-electron chi connectivity index (χ3n) is 7.25. The Morgan fingerprint density at radius 3 is 2.52 bits per heavy atom. The van der Waals surface area contributed by atoms with Crippen LogP contribution in [0.2, 0.25) is 0 Å². The molecule has 1 aliphatic heterocycles. The van der Waals surface area contributed by atoms with Gasteiger partial charge in [0.15, 0.2) is 5.13 Å². The number of aromatic hydroxyl groups is 1. The number of benzene rings is 4. The number of nitrogens with zero attached hydrogens (tertiary/aromatic N) is 3. The van der Waals surface area contributed by atoms with E-state index in [0.29, 0.717) is 55.1 Å². The van der Waals surface area contributed by atoms with Gasteiger partial charge in [0.2, 0.25) is 0 Å². The summed E-state index contributed by atoms with van der Waals surface area (Å²) < 4.78 is 30.8. The molecule has 0 bridgehead atoms. The molecule has 4 aromatic carbocycles. The maximum atomic E-state index is 15.6. The minimum Gasteiger partial charge on any atom is -0.506 e. The number of hydrogen-bond acceptors (Lipinski definition) is 7. The quantitative estimate of drug-likeness (QED) is 0.189. The summed E-state index contributed by atoms with van der Waals surface area (Å²) in [5, 5.41) is 17.6. The van der Waals surface area contributed by atoms with Crippen LogP contribution < -0.4 is 15.5 Å². The lowest BCUT2D eigenvalue weighted by Crippen LogP contribution is -2.27. The van der Waals surface area contributed by atoms with Crippen molar-refractivity contribution in [1.82, 2.24) is 9.97 Å². The number of amides is 2. The number of phenols is 1. The van der Waals surface area contributed by atoms with Crippen molar-refractivity contribution in [2.24, 2.45) is 0 Å². The van der Waals surface area contributed by atoms with Gasteiger partial charge in [0.05, 0.1) is 43.1 Å². The van der Waals surface area contributed by atoms with Crippen molar-refractivity contribution in [1.29, 1.82) is 0 Å². The van der Waals surface area contributed by atoms with Crippen molar-refractivity contribution in [3.8, 4) is 16.3 Å². The number of anilines is 4. The first-order valence-corrected chi connectivity index (χ1v) is 14.7. The maximum Gasteiger partial charge on any atom is 0.325 e. The average molecular weight is 600 g/mol. The predicted octanol–water partition coefficient (Wildman–Crippen LogP) is 8.63. The number of hydrogen-bond donors (Lipinski definition) is 3. The molecule has 11 heteroatoms. The summed E-state index contributed by atoms with van der Waals surface area (Å²) in [6.45, 7) is 4.42. The topological polar surface area (TPSA) is 90.4 Å². The Labute approximate surface area is 247 Å². The Bertz CT molecular complexity index is 2000. The highest BCUT2D eigenvalue weighted by Gasteiger charge is 2.42. The minimum atomic E-state index is -0.576. The second-order valence-electron chi connectivity index (χ2n) is 10.7. The molecule has 42 heavy (non-hydrogen) atoms. The first kappa shape index (κ1) is 26.3. The van der Waals surface area contributed by atoms with Gasteiger partial charge in [-0.3, -0.25) is 5.32 Å². The van der Waals surface area contributed by atoms with Crippen LogP contribution in [0.4, 0.5) is 35.8 Å². The monoisotopic (exact) mass is 599 g/mol. The van der Waals surface area contributed by atoms with Crippen molar-refractivity contribution in [3.63, 3.8) is 0 Å². The Morgan fingerprint density at radius 2 is 1.69 bits per heavy atom. The number of carbonyl (C=O) groups is 1. The zero-order chi connectivity index (χ0) is 29.2. The number of urea groups is 1. The Hall–Kier alpha value is -4.61. The Balaban J connectivity index is 1.26. The van der Waals surface area contributed by atoms with Gasteiger partial charge in [0.1, 0.15) is 22.4 Å². The van der Waals surface area contributed by atoms with E-state index in [0.717, 1.165) is 16.3 Å². The fourth-order valence-electron chi connectivity index (χ4n) is 5.52. The molecule has 0 saturated carbocycles. The molecule has 7 nitrogen and oxygen atoms in total. The largest absolute Gasteiger partial charge is 0.506 e. The van der Waals surface area contributed by atoms with Crippen molar-refractivity contribution in [2.75, 3.05) is 22.1 Å². The van der Waals surface area contributed by atoms with E-state index in [1.807, 2.05) is 55.1 Å². The molecule has 0 atom stereocenters. The van der Waals surface area contributed by atoms with Gasteiger partial charge in [-0.25, -0.2) is 23.5 Å².